The van der Waals surface area contributed by atoms with Gasteiger partial charge >= 0.3 is 0 Å². The molecule has 0 atom stereocenters. The normalized spacial score (nSPS) is 11.9. The average molecular weight is 549 g/mol. The van der Waals surface area contributed by atoms with Crippen molar-refractivity contribution in [1.82, 2.24) is 18.9 Å². The summed E-state index contributed by atoms with van der Waals surface area (Å²) in [5.74, 6) is 0.741. The van der Waals surface area contributed by atoms with Gasteiger partial charge in [-0.15, -0.1) is 0 Å². The molecule has 0 unspecified atom stereocenters. The zero-order valence-electron chi connectivity index (χ0n) is 18.2. The minimum absolute atomic E-state index is 0.335. The Bertz CT molecular complexity index is 1410. The third-order valence-corrected chi connectivity index (χ3v) is 8.22. The smallest absolute Gasteiger partial charge is 0.243 e. The number of hydrogen-bond acceptors (Lipinski definition) is 5. The molecule has 0 saturated carbocycles. The fraction of sp³-hybridized carbons (Fsp3) is 0.217. The van der Waals surface area contributed by atoms with E-state index in [9.17, 15) is 8.42 Å². The first-order valence-corrected chi connectivity index (χ1v) is 12.9. The highest BCUT2D eigenvalue weighted by Crippen LogP contribution is 2.30. The van der Waals surface area contributed by atoms with Crippen molar-refractivity contribution in [2.24, 2.45) is 0 Å². The van der Waals surface area contributed by atoms with Gasteiger partial charge in [-0.3, -0.25) is 0 Å². The lowest BCUT2D eigenvalue weighted by atomic mass is 10.1. The highest BCUT2D eigenvalue weighted by molar-refractivity contribution is 9.10. The monoisotopic (exact) mass is 547 g/mol. The van der Waals surface area contributed by atoms with E-state index < -0.39 is 10.0 Å². The summed E-state index contributed by atoms with van der Waals surface area (Å²) in [5.41, 5.74) is 2.94. The highest BCUT2D eigenvalue weighted by Gasteiger charge is 2.22. The van der Waals surface area contributed by atoms with Crippen LogP contribution in [0, 0.1) is 6.92 Å². The van der Waals surface area contributed by atoms with E-state index in [1.807, 2.05) is 36.4 Å². The van der Waals surface area contributed by atoms with Crippen LogP contribution in [0.15, 0.2) is 70.2 Å². The fourth-order valence-electron chi connectivity index (χ4n) is 3.52. The standard InChI is InChI=1S/C23H23BrClN5O2S/c1-16-8-3-6-11-21(16)33(31,32)29(2)13-7-12-26-22-14-20(17-9-4-5-10-19(17)25)28-23-18(24)15-27-30(22)23/h3-6,8-11,14-15,26H,7,12-13H2,1-2H3. The molecule has 0 radical (unpaired) electrons. The molecule has 0 fully saturated rings. The molecule has 0 spiro atoms. The van der Waals surface area contributed by atoms with Gasteiger partial charge in [0, 0.05) is 36.8 Å². The first-order chi connectivity index (χ1) is 15.8. The van der Waals surface area contributed by atoms with E-state index in [4.69, 9.17) is 16.6 Å². The predicted molar refractivity (Wildman–Crippen MR) is 135 cm³/mol. The summed E-state index contributed by atoms with van der Waals surface area (Å²) < 4.78 is 29.6. The second-order valence-corrected chi connectivity index (χ2v) is 10.9. The van der Waals surface area contributed by atoms with Crippen LogP contribution in [0.5, 0.6) is 0 Å². The molecule has 2 aromatic carbocycles. The van der Waals surface area contributed by atoms with Crippen LogP contribution in [-0.2, 0) is 10.0 Å². The van der Waals surface area contributed by atoms with Gasteiger partial charge in [-0.25, -0.2) is 17.7 Å². The molecule has 1 N–H and O–H groups in total. The Labute approximate surface area is 206 Å². The molecule has 0 amide bonds. The number of rotatable bonds is 8. The summed E-state index contributed by atoms with van der Waals surface area (Å²) in [6.45, 7) is 2.72. The van der Waals surface area contributed by atoms with E-state index in [0.29, 0.717) is 35.1 Å². The maximum absolute atomic E-state index is 12.9. The molecule has 0 aliphatic carbocycles. The molecule has 0 saturated heterocycles. The third-order valence-electron chi connectivity index (χ3n) is 5.32. The molecule has 4 rings (SSSR count). The van der Waals surface area contributed by atoms with Crippen LogP contribution in [0.25, 0.3) is 16.9 Å². The molecule has 7 nitrogen and oxygen atoms in total. The van der Waals surface area contributed by atoms with Crippen LogP contribution >= 0.6 is 27.5 Å². The number of anilines is 1. The molecule has 2 aromatic heterocycles. The van der Waals surface area contributed by atoms with E-state index in [1.165, 1.54) is 4.31 Å². The lowest BCUT2D eigenvalue weighted by Gasteiger charge is -2.19. The Hall–Kier alpha value is -2.46. The Morgan fingerprint density at radius 1 is 1.15 bits per heavy atom. The molecule has 0 aliphatic rings. The molecule has 2 heterocycles. The number of halogens is 2. The molecular weight excluding hydrogens is 526 g/mol. The van der Waals surface area contributed by atoms with Gasteiger partial charge in [0.05, 0.1) is 21.3 Å². The van der Waals surface area contributed by atoms with E-state index in [0.717, 1.165) is 27.1 Å². The van der Waals surface area contributed by atoms with Crippen molar-refractivity contribution in [3.05, 3.63) is 75.9 Å². The van der Waals surface area contributed by atoms with Crippen molar-refractivity contribution in [2.75, 3.05) is 25.5 Å². The Morgan fingerprint density at radius 3 is 2.64 bits per heavy atom. The van der Waals surface area contributed by atoms with Gasteiger partial charge in [0.15, 0.2) is 5.65 Å². The quantitative estimate of drug-likeness (QED) is 0.305. The number of sulfonamides is 1. The predicted octanol–water partition coefficient (Wildman–Crippen LogP) is 5.24. The van der Waals surface area contributed by atoms with Crippen molar-refractivity contribution in [3.63, 3.8) is 0 Å². The minimum atomic E-state index is -3.54. The van der Waals surface area contributed by atoms with Crippen LogP contribution in [0.1, 0.15) is 12.0 Å². The van der Waals surface area contributed by atoms with E-state index >= 15 is 0 Å². The molecule has 10 heteroatoms. The molecule has 172 valence electrons. The largest absolute Gasteiger partial charge is 0.370 e. The summed E-state index contributed by atoms with van der Waals surface area (Å²) >= 11 is 9.88. The van der Waals surface area contributed by atoms with E-state index in [1.54, 1.807) is 42.9 Å². The van der Waals surface area contributed by atoms with Gasteiger partial charge in [0.1, 0.15) is 5.82 Å². The van der Waals surface area contributed by atoms with E-state index in [2.05, 4.69) is 26.3 Å². The van der Waals surface area contributed by atoms with Crippen LogP contribution in [0.2, 0.25) is 5.02 Å². The molecule has 33 heavy (non-hydrogen) atoms. The maximum Gasteiger partial charge on any atom is 0.243 e. The van der Waals surface area contributed by atoms with E-state index in [-0.39, 0.29) is 0 Å². The van der Waals surface area contributed by atoms with Gasteiger partial charge in [0.25, 0.3) is 0 Å². The Morgan fingerprint density at radius 2 is 1.88 bits per heavy atom. The maximum atomic E-state index is 12.9. The van der Waals surface area contributed by atoms with Crippen LogP contribution in [-0.4, -0.2) is 47.5 Å². The van der Waals surface area contributed by atoms with Crippen molar-refractivity contribution >= 4 is 49.0 Å². The van der Waals surface area contributed by atoms with Gasteiger partial charge in [0.2, 0.25) is 10.0 Å². The van der Waals surface area contributed by atoms with Gasteiger partial charge in [-0.1, -0.05) is 48.0 Å². The lowest BCUT2D eigenvalue weighted by molar-refractivity contribution is 0.465. The van der Waals surface area contributed by atoms with Crippen LogP contribution in [0.3, 0.4) is 0 Å². The van der Waals surface area contributed by atoms with Gasteiger partial charge in [-0.05, 0) is 47.0 Å². The third kappa shape index (κ3) is 4.91. The number of aryl methyl sites for hydroxylation is 1. The van der Waals surface area contributed by atoms with Gasteiger partial charge < -0.3 is 5.32 Å². The Kier molecular flexibility index (Phi) is 7.04. The summed E-state index contributed by atoms with van der Waals surface area (Å²) in [6.07, 6.45) is 2.29. The molecular formula is C23H23BrClN5O2S. The van der Waals surface area contributed by atoms with Crippen molar-refractivity contribution < 1.29 is 8.42 Å². The lowest BCUT2D eigenvalue weighted by Crippen LogP contribution is -2.29. The molecule has 0 bridgehead atoms. The van der Waals surface area contributed by atoms with Crippen LogP contribution < -0.4 is 5.32 Å². The van der Waals surface area contributed by atoms with Crippen molar-refractivity contribution in [3.8, 4) is 11.3 Å². The Balaban J connectivity index is 1.50. The summed E-state index contributed by atoms with van der Waals surface area (Å²) in [6, 6.07) is 16.4. The number of fused-ring (bicyclic) bond motifs is 1. The number of hydrogen-bond donors (Lipinski definition) is 1. The average Bonchev–Trinajstić information content (AvgIpc) is 3.17. The zero-order valence-corrected chi connectivity index (χ0v) is 21.3. The fourth-order valence-corrected chi connectivity index (χ4v) is 5.53. The zero-order chi connectivity index (χ0) is 23.6. The summed E-state index contributed by atoms with van der Waals surface area (Å²) in [5, 5.41) is 8.36. The van der Waals surface area contributed by atoms with Gasteiger partial charge in [-0.2, -0.15) is 9.61 Å². The number of aromatic nitrogens is 3. The highest BCUT2D eigenvalue weighted by atomic mass is 79.9. The first-order valence-electron chi connectivity index (χ1n) is 10.3. The summed E-state index contributed by atoms with van der Waals surface area (Å²) in [7, 11) is -1.93. The SMILES string of the molecule is Cc1ccccc1S(=O)(=O)N(C)CCCNc1cc(-c2ccccc2Cl)nc2c(Br)cnn12. The second-order valence-electron chi connectivity index (χ2n) is 7.61. The number of benzene rings is 2. The number of nitrogens with zero attached hydrogens (tertiary/aromatic N) is 4. The topological polar surface area (TPSA) is 79.6 Å². The van der Waals surface area contributed by atoms with Crippen molar-refractivity contribution in [2.45, 2.75) is 18.2 Å². The molecule has 4 aromatic rings. The van der Waals surface area contributed by atoms with Crippen molar-refractivity contribution in [1.29, 1.82) is 0 Å². The number of nitrogens with one attached hydrogen (secondary N) is 1. The molecule has 0 aliphatic heterocycles. The second kappa shape index (κ2) is 9.80. The minimum Gasteiger partial charge on any atom is -0.370 e. The first kappa shape index (κ1) is 23.7. The summed E-state index contributed by atoms with van der Waals surface area (Å²) in [4.78, 5) is 5.03. The van der Waals surface area contributed by atoms with Crippen LogP contribution in [0.4, 0.5) is 5.82 Å².